The average molecular weight is 352 g/mol. The van der Waals surface area contributed by atoms with E-state index < -0.39 is 11.1 Å². The molecule has 0 fully saturated rings. The highest BCUT2D eigenvalue weighted by molar-refractivity contribution is 6.42. The van der Waals surface area contributed by atoms with Crippen molar-refractivity contribution in [2.24, 2.45) is 0 Å². The van der Waals surface area contributed by atoms with Crippen molar-refractivity contribution in [1.82, 2.24) is 9.97 Å². The van der Waals surface area contributed by atoms with Crippen LogP contribution in [0.15, 0.2) is 34.0 Å². The molecule has 0 spiro atoms. The Morgan fingerprint density at radius 3 is 2.30 bits per heavy atom. The largest absolute Gasteiger partial charge is 0.280 e. The molecule has 4 nitrogen and oxygen atoms in total. The third-order valence-corrected chi connectivity index (χ3v) is 3.41. The Kier molecular flexibility index (Phi) is 5.10. The fourth-order valence-corrected chi connectivity index (χ4v) is 2.13. The van der Waals surface area contributed by atoms with E-state index in [4.69, 9.17) is 23.2 Å². The van der Waals surface area contributed by atoms with Crippen LogP contribution in [0.3, 0.4) is 0 Å². The maximum atomic E-state index is 11.6. The normalized spacial score (nSPS) is 10.1. The number of nitrogens with zero attached hydrogens (tertiary/aromatic N) is 2. The highest BCUT2D eigenvalue weighted by Gasteiger charge is 2.14. The van der Waals surface area contributed by atoms with Gasteiger partial charge in [0, 0.05) is 11.8 Å². The van der Waals surface area contributed by atoms with Gasteiger partial charge in [-0.15, -0.1) is 24.8 Å². The number of halogens is 4. The van der Waals surface area contributed by atoms with Gasteiger partial charge in [0.2, 0.25) is 0 Å². The summed E-state index contributed by atoms with van der Waals surface area (Å²) in [6.07, 6.45) is 1.24. The van der Waals surface area contributed by atoms with Crippen LogP contribution in [0.2, 0.25) is 10.0 Å². The van der Waals surface area contributed by atoms with Gasteiger partial charge in [-0.3, -0.25) is 9.59 Å². The second kappa shape index (κ2) is 6.06. The van der Waals surface area contributed by atoms with Gasteiger partial charge in [-0.05, 0) is 12.1 Å². The predicted molar refractivity (Wildman–Crippen MR) is 82.2 cm³/mol. The summed E-state index contributed by atoms with van der Waals surface area (Å²) in [6.45, 7) is 0. The number of rotatable bonds is 1. The SMILES string of the molecule is Cl.Cl.O=c1nc(-c2ccc(Cl)c(Cl)c2)c2c(=O)ncc1=2. The first-order valence-electron chi connectivity index (χ1n) is 4.99. The molecule has 1 aromatic rings. The lowest BCUT2D eigenvalue weighted by Gasteiger charge is -1.99. The van der Waals surface area contributed by atoms with Crippen LogP contribution in [-0.4, -0.2) is 9.97 Å². The van der Waals surface area contributed by atoms with E-state index in [1.807, 2.05) is 0 Å². The molecule has 104 valence electrons. The van der Waals surface area contributed by atoms with Crippen LogP contribution < -0.4 is 11.1 Å². The monoisotopic (exact) mass is 350 g/mol. The number of hydrogen-bond donors (Lipinski definition) is 0. The van der Waals surface area contributed by atoms with Gasteiger partial charge < -0.3 is 0 Å². The molecule has 1 aromatic carbocycles. The van der Waals surface area contributed by atoms with Crippen molar-refractivity contribution in [1.29, 1.82) is 0 Å². The van der Waals surface area contributed by atoms with Crippen molar-refractivity contribution in [3.05, 3.63) is 65.6 Å². The van der Waals surface area contributed by atoms with Crippen molar-refractivity contribution in [2.75, 3.05) is 0 Å². The molecular formula is C12H6Cl4N2O2. The second-order valence-electron chi connectivity index (χ2n) is 3.75. The topological polar surface area (TPSA) is 59.9 Å². The van der Waals surface area contributed by atoms with Crippen LogP contribution in [-0.2, 0) is 0 Å². The summed E-state index contributed by atoms with van der Waals surface area (Å²) >= 11 is 11.7. The fourth-order valence-electron chi connectivity index (χ4n) is 1.83. The summed E-state index contributed by atoms with van der Waals surface area (Å²) in [5, 5.41) is 1.21. The Bertz CT molecular complexity index is 901. The summed E-state index contributed by atoms with van der Waals surface area (Å²) in [4.78, 5) is 30.6. The summed E-state index contributed by atoms with van der Waals surface area (Å²) in [5.74, 6) is 0. The fraction of sp³-hybridized carbons (Fsp3) is 0. The van der Waals surface area contributed by atoms with Gasteiger partial charge in [-0.2, -0.15) is 0 Å². The molecule has 0 unspecified atom stereocenters. The highest BCUT2D eigenvalue weighted by Crippen LogP contribution is 2.27. The van der Waals surface area contributed by atoms with Gasteiger partial charge in [0.1, 0.15) is 0 Å². The van der Waals surface area contributed by atoms with E-state index in [2.05, 4.69) is 9.97 Å². The summed E-state index contributed by atoms with van der Waals surface area (Å²) in [6, 6.07) is 4.81. The Balaban J connectivity index is 0.000001000. The van der Waals surface area contributed by atoms with Crippen LogP contribution in [0.1, 0.15) is 0 Å². The molecule has 0 amide bonds. The van der Waals surface area contributed by atoms with Crippen molar-refractivity contribution < 1.29 is 0 Å². The average Bonchev–Trinajstić information content (AvgIpc) is 2.86. The van der Waals surface area contributed by atoms with E-state index >= 15 is 0 Å². The first-order valence-corrected chi connectivity index (χ1v) is 5.75. The van der Waals surface area contributed by atoms with Crippen molar-refractivity contribution in [2.45, 2.75) is 0 Å². The van der Waals surface area contributed by atoms with Gasteiger partial charge >= 0.3 is 0 Å². The van der Waals surface area contributed by atoms with Gasteiger partial charge in [-0.1, -0.05) is 29.3 Å². The zero-order chi connectivity index (χ0) is 12.9. The lowest BCUT2D eigenvalue weighted by molar-refractivity contribution is 1.23. The maximum absolute atomic E-state index is 11.6. The van der Waals surface area contributed by atoms with Crippen molar-refractivity contribution in [3.8, 4) is 11.3 Å². The van der Waals surface area contributed by atoms with E-state index in [9.17, 15) is 9.59 Å². The minimum atomic E-state index is -0.458. The molecule has 2 aliphatic rings. The van der Waals surface area contributed by atoms with Crippen LogP contribution >= 0.6 is 48.0 Å². The van der Waals surface area contributed by atoms with Crippen molar-refractivity contribution >= 4 is 48.0 Å². The molecule has 8 heteroatoms. The van der Waals surface area contributed by atoms with Gasteiger partial charge in [0.25, 0.3) is 11.1 Å². The third kappa shape index (κ3) is 2.52. The molecule has 20 heavy (non-hydrogen) atoms. The van der Waals surface area contributed by atoms with Gasteiger partial charge in [0.15, 0.2) is 0 Å². The van der Waals surface area contributed by atoms with Crippen LogP contribution in [0.25, 0.3) is 11.3 Å². The zero-order valence-corrected chi connectivity index (χ0v) is 12.7. The Morgan fingerprint density at radius 2 is 1.65 bits per heavy atom. The van der Waals surface area contributed by atoms with Crippen LogP contribution in [0.4, 0.5) is 0 Å². The molecular weight excluding hydrogens is 346 g/mol. The molecule has 0 radical (unpaired) electrons. The molecule has 0 saturated carbocycles. The minimum Gasteiger partial charge on any atom is -0.267 e. The van der Waals surface area contributed by atoms with E-state index in [0.29, 0.717) is 21.3 Å². The highest BCUT2D eigenvalue weighted by atomic mass is 35.5. The molecule has 0 aromatic heterocycles. The molecule has 3 rings (SSSR count). The smallest absolute Gasteiger partial charge is 0.267 e. The number of benzene rings is 1. The maximum Gasteiger partial charge on any atom is 0.280 e. The zero-order valence-electron chi connectivity index (χ0n) is 9.59. The third-order valence-electron chi connectivity index (χ3n) is 2.67. The molecule has 0 saturated heterocycles. The summed E-state index contributed by atoms with van der Waals surface area (Å²) in [7, 11) is 0. The Labute approximate surface area is 134 Å². The molecule has 0 N–H and O–H groups in total. The lowest BCUT2D eigenvalue weighted by Crippen LogP contribution is -2.02. The van der Waals surface area contributed by atoms with Crippen LogP contribution in [0.5, 0.6) is 0 Å². The first-order chi connectivity index (χ1) is 8.58. The summed E-state index contributed by atoms with van der Waals surface area (Å²) in [5.41, 5.74) is -0.0426. The van der Waals surface area contributed by atoms with Gasteiger partial charge in [0.05, 0.1) is 26.2 Å². The van der Waals surface area contributed by atoms with E-state index in [1.54, 1.807) is 18.2 Å². The molecule has 0 atom stereocenters. The predicted octanol–water partition coefficient (Wildman–Crippen LogP) is 2.61. The number of aromatic nitrogens is 2. The molecule has 2 heterocycles. The Morgan fingerprint density at radius 1 is 0.950 bits per heavy atom. The quantitative estimate of drug-likeness (QED) is 0.676. The minimum absolute atomic E-state index is 0. The van der Waals surface area contributed by atoms with E-state index in [-0.39, 0.29) is 35.3 Å². The standard InChI is InChI=1S/C12H4Cl2N2O2.2ClH/c13-7-2-1-5(3-8(7)14)10-9-6(11(17)16-10)4-15-12(9)18;;/h1-4H;2*1H. The van der Waals surface area contributed by atoms with E-state index in [0.717, 1.165) is 0 Å². The van der Waals surface area contributed by atoms with Gasteiger partial charge in [-0.25, -0.2) is 9.97 Å². The Hall–Kier alpha value is -1.20. The first kappa shape index (κ1) is 16.9. The molecule has 0 aliphatic carbocycles. The lowest BCUT2D eigenvalue weighted by atomic mass is 10.1. The number of hydrogen-bond acceptors (Lipinski definition) is 4. The van der Waals surface area contributed by atoms with E-state index in [1.165, 1.54) is 6.20 Å². The molecule has 0 bridgehead atoms. The molecule has 2 aliphatic heterocycles. The summed E-state index contributed by atoms with van der Waals surface area (Å²) < 4.78 is 0. The second-order valence-corrected chi connectivity index (χ2v) is 4.56. The van der Waals surface area contributed by atoms with Crippen molar-refractivity contribution in [3.63, 3.8) is 0 Å². The van der Waals surface area contributed by atoms with Crippen LogP contribution in [0, 0.1) is 10.4 Å².